The normalized spacial score (nSPS) is 18.3. The van der Waals surface area contributed by atoms with E-state index in [0.717, 1.165) is 0 Å². The van der Waals surface area contributed by atoms with Gasteiger partial charge in [0.15, 0.2) is 9.04 Å². The second-order valence-electron chi connectivity index (χ2n) is 7.68. The van der Waals surface area contributed by atoms with Crippen LogP contribution in [-0.2, 0) is 8.85 Å². The first-order valence-corrected chi connectivity index (χ1v) is 15.4. The molecule has 0 amide bonds. The summed E-state index contributed by atoms with van der Waals surface area (Å²) in [5.41, 5.74) is 2.73. The van der Waals surface area contributed by atoms with Crippen molar-refractivity contribution in [2.45, 2.75) is 77.9 Å². The van der Waals surface area contributed by atoms with Gasteiger partial charge in [-0.15, -0.1) is 0 Å². The summed E-state index contributed by atoms with van der Waals surface area (Å²) in [6.07, 6.45) is 0.588. The fourth-order valence-corrected chi connectivity index (χ4v) is 9.54. The lowest BCUT2D eigenvalue weighted by Gasteiger charge is -2.24. The molecular weight excluding hydrogens is 376 g/mol. The first-order chi connectivity index (χ1) is 13.5. The van der Waals surface area contributed by atoms with Crippen LogP contribution in [0.5, 0.6) is 0 Å². The molecule has 0 N–H and O–H groups in total. The third kappa shape index (κ3) is 5.44. The van der Waals surface area contributed by atoms with Gasteiger partial charge >= 0.3 is 0 Å². The van der Waals surface area contributed by atoms with Crippen LogP contribution in [0.15, 0.2) is 54.6 Å². The number of rotatable bonds is 7. The summed E-state index contributed by atoms with van der Waals surface area (Å²) in [5.74, 6) is 0. The Balaban J connectivity index is 0.000000200. The molecule has 0 aromatic heterocycles. The Morgan fingerprint density at radius 2 is 1.50 bits per heavy atom. The van der Waals surface area contributed by atoms with Crippen molar-refractivity contribution in [1.29, 1.82) is 0 Å². The summed E-state index contributed by atoms with van der Waals surface area (Å²) in [4.78, 5) is 0. The van der Waals surface area contributed by atoms with E-state index >= 15 is 0 Å². The molecule has 1 aliphatic heterocycles. The lowest BCUT2D eigenvalue weighted by molar-refractivity contribution is 0.226. The molecule has 1 aliphatic rings. The number of benzene rings is 2. The summed E-state index contributed by atoms with van der Waals surface area (Å²) >= 11 is 0. The number of hydrogen-bond donors (Lipinski definition) is 0. The molecule has 0 radical (unpaired) electrons. The van der Waals surface area contributed by atoms with E-state index in [0.29, 0.717) is 6.10 Å². The third-order valence-corrected chi connectivity index (χ3v) is 13.2. The van der Waals surface area contributed by atoms with Crippen molar-refractivity contribution in [3.05, 3.63) is 65.7 Å². The largest absolute Gasteiger partial charge is 0.413 e. The van der Waals surface area contributed by atoms with Gasteiger partial charge in [-0.3, -0.25) is 0 Å². The number of hydrogen-bond acceptors (Lipinski definition) is 2. The molecule has 0 saturated heterocycles. The van der Waals surface area contributed by atoms with Crippen LogP contribution < -0.4 is 5.19 Å². The average Bonchev–Trinajstić information content (AvgIpc) is 3.05. The maximum absolute atomic E-state index is 6.26. The predicted molar refractivity (Wildman–Crippen MR) is 126 cm³/mol. The van der Waals surface area contributed by atoms with Gasteiger partial charge in [0.2, 0.25) is 8.32 Å². The Labute approximate surface area is 175 Å². The fourth-order valence-electron chi connectivity index (χ4n) is 4.10. The summed E-state index contributed by atoms with van der Waals surface area (Å²) in [5, 5.41) is 1.54. The monoisotopic (exact) mass is 414 g/mol. The fraction of sp³-hybridized carbons (Fsp3) is 0.500. The standard InChI is InChI=1S/C12H18OSi.C12H20OSi/c1-4-14(5-2)12-9-7-6-8-11(12)10(3)13-14;1-4-14(5-2)13-11(3)12-9-7-6-8-10-12/h6-10H,4-5H2,1-3H3;6-11,14H,4-5H2,1-3H3. The van der Waals surface area contributed by atoms with Gasteiger partial charge in [0.05, 0.1) is 12.2 Å². The minimum atomic E-state index is -1.56. The molecule has 154 valence electrons. The highest BCUT2D eigenvalue weighted by Crippen LogP contribution is 2.33. The van der Waals surface area contributed by atoms with Crippen molar-refractivity contribution >= 4 is 22.5 Å². The van der Waals surface area contributed by atoms with Gasteiger partial charge in [0.25, 0.3) is 0 Å². The first kappa shape index (κ1) is 23.1. The zero-order chi connectivity index (χ0) is 20.6. The van der Waals surface area contributed by atoms with Crippen molar-refractivity contribution in [1.82, 2.24) is 0 Å². The van der Waals surface area contributed by atoms with Crippen LogP contribution in [0.1, 0.15) is 64.9 Å². The SMILES string of the molecule is CC[SiH](CC)OC(C)c1ccccc1.CC[Si]1(CC)OC(C)c2ccccc21. The predicted octanol–water partition coefficient (Wildman–Crippen LogP) is 6.50. The van der Waals surface area contributed by atoms with Crippen LogP contribution in [0.4, 0.5) is 0 Å². The van der Waals surface area contributed by atoms with Crippen molar-refractivity contribution in [2.75, 3.05) is 0 Å². The zero-order valence-corrected chi connectivity index (χ0v) is 20.7. The van der Waals surface area contributed by atoms with Crippen LogP contribution in [-0.4, -0.2) is 17.4 Å². The Bertz CT molecular complexity index is 697. The maximum Gasteiger partial charge on any atom is 0.224 e. The molecule has 0 saturated carbocycles. The van der Waals surface area contributed by atoms with E-state index in [2.05, 4.69) is 90.1 Å². The van der Waals surface area contributed by atoms with Crippen LogP contribution in [0.3, 0.4) is 0 Å². The molecule has 0 aliphatic carbocycles. The maximum atomic E-state index is 6.26. The molecular formula is C24H38O2Si2. The lowest BCUT2D eigenvalue weighted by atomic mass is 10.1. The first-order valence-electron chi connectivity index (χ1n) is 11.0. The van der Waals surface area contributed by atoms with Crippen LogP contribution in [0.25, 0.3) is 0 Å². The van der Waals surface area contributed by atoms with Gasteiger partial charge in [-0.05, 0) is 54.3 Å². The summed E-state index contributed by atoms with van der Waals surface area (Å²) in [7, 11) is -2.48. The Kier molecular flexibility index (Phi) is 9.15. The molecule has 2 nitrogen and oxygen atoms in total. The van der Waals surface area contributed by atoms with Gasteiger partial charge < -0.3 is 8.85 Å². The van der Waals surface area contributed by atoms with Gasteiger partial charge in [0, 0.05) is 0 Å². The molecule has 0 bridgehead atoms. The molecule has 2 atom stereocenters. The molecule has 2 aromatic carbocycles. The van der Waals surface area contributed by atoms with Crippen LogP contribution >= 0.6 is 0 Å². The van der Waals surface area contributed by atoms with E-state index in [1.165, 1.54) is 40.5 Å². The number of fused-ring (bicyclic) bond motifs is 1. The van der Waals surface area contributed by atoms with E-state index in [4.69, 9.17) is 8.85 Å². The molecule has 28 heavy (non-hydrogen) atoms. The highest BCUT2D eigenvalue weighted by Gasteiger charge is 2.43. The van der Waals surface area contributed by atoms with Gasteiger partial charge in [-0.25, -0.2) is 0 Å². The topological polar surface area (TPSA) is 18.5 Å². The zero-order valence-electron chi connectivity index (χ0n) is 18.6. The molecule has 2 aromatic rings. The minimum absolute atomic E-state index is 0.271. The Hall–Kier alpha value is -1.21. The van der Waals surface area contributed by atoms with Gasteiger partial charge in [0.1, 0.15) is 0 Å². The lowest BCUT2D eigenvalue weighted by Crippen LogP contribution is -2.45. The molecule has 0 fully saturated rings. The summed E-state index contributed by atoms with van der Waals surface area (Å²) in [6, 6.07) is 24.1. The third-order valence-electron chi connectivity index (χ3n) is 6.01. The van der Waals surface area contributed by atoms with Crippen molar-refractivity contribution in [3.63, 3.8) is 0 Å². The molecule has 1 heterocycles. The van der Waals surface area contributed by atoms with E-state index < -0.39 is 17.4 Å². The molecule has 0 spiro atoms. The summed E-state index contributed by atoms with van der Waals surface area (Å²) < 4.78 is 12.3. The van der Waals surface area contributed by atoms with Crippen LogP contribution in [0, 0.1) is 0 Å². The second-order valence-corrected chi connectivity index (χ2v) is 15.0. The van der Waals surface area contributed by atoms with Crippen molar-refractivity contribution in [3.8, 4) is 0 Å². The van der Waals surface area contributed by atoms with Gasteiger partial charge in [-0.2, -0.15) is 0 Å². The van der Waals surface area contributed by atoms with Crippen molar-refractivity contribution < 1.29 is 8.85 Å². The van der Waals surface area contributed by atoms with Gasteiger partial charge in [-0.1, -0.05) is 82.3 Å². The minimum Gasteiger partial charge on any atom is -0.413 e. The quantitative estimate of drug-likeness (QED) is 0.482. The molecule has 3 rings (SSSR count). The highest BCUT2D eigenvalue weighted by molar-refractivity contribution is 6.87. The Morgan fingerprint density at radius 1 is 0.929 bits per heavy atom. The highest BCUT2D eigenvalue weighted by atomic mass is 28.4. The van der Waals surface area contributed by atoms with E-state index in [1.54, 1.807) is 0 Å². The smallest absolute Gasteiger partial charge is 0.224 e. The second kappa shape index (κ2) is 11.1. The van der Waals surface area contributed by atoms with E-state index in [-0.39, 0.29) is 6.10 Å². The van der Waals surface area contributed by atoms with E-state index in [1.807, 2.05) is 6.07 Å². The van der Waals surface area contributed by atoms with Crippen molar-refractivity contribution in [2.24, 2.45) is 0 Å². The average molecular weight is 415 g/mol. The summed E-state index contributed by atoms with van der Waals surface area (Å²) in [6.45, 7) is 13.3. The van der Waals surface area contributed by atoms with E-state index in [9.17, 15) is 0 Å². The van der Waals surface area contributed by atoms with Crippen LogP contribution in [0.2, 0.25) is 24.2 Å². The molecule has 2 unspecified atom stereocenters. The Morgan fingerprint density at radius 3 is 2.07 bits per heavy atom. The molecule has 4 heteroatoms.